The summed E-state index contributed by atoms with van der Waals surface area (Å²) >= 11 is 0. The molecule has 0 radical (unpaired) electrons. The van der Waals surface area contributed by atoms with E-state index in [2.05, 4.69) is 16.9 Å². The molecule has 10 heteroatoms. The first-order valence-electron chi connectivity index (χ1n) is 9.80. The number of nitrogens with zero attached hydrogens (tertiary/aromatic N) is 4. The molecule has 3 heterocycles. The largest absolute Gasteiger partial charge is 0.497 e. The molecular formula is C20H25N5O4S. The van der Waals surface area contributed by atoms with Gasteiger partial charge in [-0.3, -0.25) is 4.68 Å². The van der Waals surface area contributed by atoms with E-state index in [1.807, 2.05) is 4.68 Å². The van der Waals surface area contributed by atoms with Crippen molar-refractivity contribution in [3.63, 3.8) is 0 Å². The lowest BCUT2D eigenvalue weighted by Gasteiger charge is -2.27. The van der Waals surface area contributed by atoms with Crippen LogP contribution in [0, 0.1) is 0 Å². The summed E-state index contributed by atoms with van der Waals surface area (Å²) in [5, 5.41) is 4.73. The number of aryl methyl sites for hydroxylation is 1. The number of aromatic nitrogens is 4. The van der Waals surface area contributed by atoms with Gasteiger partial charge in [-0.25, -0.2) is 13.4 Å². The number of aromatic amines is 1. The van der Waals surface area contributed by atoms with Crippen LogP contribution in [0.3, 0.4) is 0 Å². The number of hydrogen-bond acceptors (Lipinski definition) is 6. The van der Waals surface area contributed by atoms with Crippen LogP contribution in [0.15, 0.2) is 35.5 Å². The number of sulfonamides is 1. The van der Waals surface area contributed by atoms with Crippen molar-refractivity contribution in [3.8, 4) is 23.0 Å². The van der Waals surface area contributed by atoms with E-state index < -0.39 is 10.0 Å². The summed E-state index contributed by atoms with van der Waals surface area (Å²) in [5.74, 6) is 1.38. The smallest absolute Gasteiger partial charge is 0.247 e. The lowest BCUT2D eigenvalue weighted by molar-refractivity contribution is 0.369. The highest BCUT2D eigenvalue weighted by Crippen LogP contribution is 2.35. The highest BCUT2D eigenvalue weighted by Gasteiger charge is 2.35. The number of imidazole rings is 1. The van der Waals surface area contributed by atoms with Gasteiger partial charge in [-0.1, -0.05) is 6.92 Å². The van der Waals surface area contributed by atoms with Crippen LogP contribution >= 0.6 is 0 Å². The molecule has 0 saturated carbocycles. The van der Waals surface area contributed by atoms with Crippen LogP contribution in [0.25, 0.3) is 11.5 Å². The van der Waals surface area contributed by atoms with Crippen molar-refractivity contribution in [2.24, 2.45) is 0 Å². The third-order valence-corrected chi connectivity index (χ3v) is 7.11. The normalized spacial score (nSPS) is 14.5. The molecule has 0 amide bonds. The van der Waals surface area contributed by atoms with Crippen LogP contribution in [-0.2, 0) is 29.5 Å². The van der Waals surface area contributed by atoms with Gasteiger partial charge in [0.2, 0.25) is 10.0 Å². The lowest BCUT2D eigenvalue weighted by atomic mass is 10.1. The molecular weight excluding hydrogens is 406 g/mol. The minimum atomic E-state index is -3.81. The van der Waals surface area contributed by atoms with Crippen molar-refractivity contribution >= 4 is 10.0 Å². The molecule has 30 heavy (non-hydrogen) atoms. The number of ether oxygens (including phenoxy) is 2. The molecule has 1 aliphatic heterocycles. The average Bonchev–Trinajstić information content (AvgIpc) is 3.41. The van der Waals surface area contributed by atoms with Crippen LogP contribution in [0.4, 0.5) is 0 Å². The van der Waals surface area contributed by atoms with E-state index in [4.69, 9.17) is 14.6 Å². The molecule has 2 aromatic heterocycles. The SMILES string of the molecule is CCCn1nc(-c2ncc[nH]2)c2c1CCN(S(=O)(=O)c1cc(OC)ccc1OC)C2. The molecule has 1 N–H and O–H groups in total. The third-order valence-electron chi connectivity index (χ3n) is 5.25. The molecule has 0 bridgehead atoms. The summed E-state index contributed by atoms with van der Waals surface area (Å²) < 4.78 is 41.0. The number of rotatable bonds is 7. The maximum absolute atomic E-state index is 13.5. The summed E-state index contributed by atoms with van der Waals surface area (Å²) in [5.41, 5.74) is 2.64. The van der Waals surface area contributed by atoms with Gasteiger partial charge in [0, 0.05) is 55.8 Å². The quantitative estimate of drug-likeness (QED) is 0.616. The predicted molar refractivity (Wildman–Crippen MR) is 111 cm³/mol. The van der Waals surface area contributed by atoms with Crippen molar-refractivity contribution in [1.82, 2.24) is 24.1 Å². The number of H-pyrrole nitrogens is 1. The van der Waals surface area contributed by atoms with E-state index in [-0.39, 0.29) is 17.2 Å². The second-order valence-electron chi connectivity index (χ2n) is 7.04. The molecule has 0 aliphatic carbocycles. The number of fused-ring (bicyclic) bond motifs is 1. The lowest BCUT2D eigenvalue weighted by Crippen LogP contribution is -2.36. The van der Waals surface area contributed by atoms with E-state index in [1.54, 1.807) is 24.5 Å². The third kappa shape index (κ3) is 3.46. The molecule has 3 aromatic rings. The van der Waals surface area contributed by atoms with Gasteiger partial charge in [0.1, 0.15) is 22.1 Å². The van der Waals surface area contributed by atoms with Gasteiger partial charge in [-0.2, -0.15) is 9.40 Å². The van der Waals surface area contributed by atoms with Crippen molar-refractivity contribution in [2.75, 3.05) is 20.8 Å². The first kappa shape index (κ1) is 20.4. The Morgan fingerprint density at radius 2 is 2.07 bits per heavy atom. The van der Waals surface area contributed by atoms with E-state index in [0.29, 0.717) is 30.2 Å². The second kappa shape index (κ2) is 8.11. The summed E-state index contributed by atoms with van der Waals surface area (Å²) in [4.78, 5) is 7.50. The fourth-order valence-corrected chi connectivity index (χ4v) is 5.36. The van der Waals surface area contributed by atoms with Crippen LogP contribution in [0.1, 0.15) is 24.6 Å². The summed E-state index contributed by atoms with van der Waals surface area (Å²) in [6.45, 7) is 3.45. The van der Waals surface area contributed by atoms with Crippen molar-refractivity contribution in [3.05, 3.63) is 41.9 Å². The molecule has 9 nitrogen and oxygen atoms in total. The number of methoxy groups -OCH3 is 2. The fourth-order valence-electron chi connectivity index (χ4n) is 3.78. The topological polar surface area (TPSA) is 102 Å². The number of hydrogen-bond donors (Lipinski definition) is 1. The van der Waals surface area contributed by atoms with Crippen LogP contribution in [-0.4, -0.2) is 53.2 Å². The Hall–Kier alpha value is -2.85. The number of nitrogens with one attached hydrogen (secondary N) is 1. The summed E-state index contributed by atoms with van der Waals surface area (Å²) in [6, 6.07) is 4.78. The van der Waals surface area contributed by atoms with Crippen LogP contribution in [0.5, 0.6) is 11.5 Å². The van der Waals surface area contributed by atoms with Gasteiger partial charge in [-0.15, -0.1) is 0 Å². The zero-order valence-corrected chi connectivity index (χ0v) is 18.1. The van der Waals surface area contributed by atoms with E-state index in [9.17, 15) is 8.42 Å². The Kier molecular flexibility index (Phi) is 5.52. The van der Waals surface area contributed by atoms with Gasteiger partial charge >= 0.3 is 0 Å². The molecule has 0 unspecified atom stereocenters. The minimum absolute atomic E-state index is 0.0910. The Morgan fingerprint density at radius 3 is 2.73 bits per heavy atom. The molecule has 0 atom stereocenters. The fraction of sp³-hybridized carbons (Fsp3) is 0.400. The first-order chi connectivity index (χ1) is 14.5. The average molecular weight is 432 g/mol. The van der Waals surface area contributed by atoms with Crippen molar-refractivity contribution < 1.29 is 17.9 Å². The second-order valence-corrected chi connectivity index (χ2v) is 8.95. The van der Waals surface area contributed by atoms with Gasteiger partial charge in [0.15, 0.2) is 5.82 Å². The Balaban J connectivity index is 1.76. The van der Waals surface area contributed by atoms with Crippen LogP contribution in [0.2, 0.25) is 0 Å². The van der Waals surface area contributed by atoms with E-state index in [1.165, 1.54) is 24.6 Å². The zero-order chi connectivity index (χ0) is 21.3. The predicted octanol–water partition coefficient (Wildman–Crippen LogP) is 2.45. The van der Waals surface area contributed by atoms with Crippen molar-refractivity contribution in [2.45, 2.75) is 37.8 Å². The monoisotopic (exact) mass is 431 g/mol. The maximum Gasteiger partial charge on any atom is 0.247 e. The molecule has 0 saturated heterocycles. The van der Waals surface area contributed by atoms with Crippen molar-refractivity contribution in [1.29, 1.82) is 0 Å². The molecule has 1 aromatic carbocycles. The van der Waals surface area contributed by atoms with Crippen LogP contribution < -0.4 is 9.47 Å². The summed E-state index contributed by atoms with van der Waals surface area (Å²) in [7, 11) is -0.848. The number of benzene rings is 1. The Labute approximate surface area is 175 Å². The highest BCUT2D eigenvalue weighted by atomic mass is 32.2. The van der Waals surface area contributed by atoms with Gasteiger partial charge in [0.05, 0.1) is 14.2 Å². The molecule has 4 rings (SSSR count). The summed E-state index contributed by atoms with van der Waals surface area (Å²) in [6.07, 6.45) is 4.92. The van der Waals surface area contributed by atoms with E-state index in [0.717, 1.165) is 24.2 Å². The maximum atomic E-state index is 13.5. The zero-order valence-electron chi connectivity index (χ0n) is 17.3. The van der Waals surface area contributed by atoms with E-state index >= 15 is 0 Å². The molecule has 0 fully saturated rings. The molecule has 160 valence electrons. The van der Waals surface area contributed by atoms with Gasteiger partial charge in [-0.05, 0) is 18.6 Å². The highest BCUT2D eigenvalue weighted by molar-refractivity contribution is 7.89. The first-order valence-corrected chi connectivity index (χ1v) is 11.2. The Morgan fingerprint density at radius 1 is 1.23 bits per heavy atom. The minimum Gasteiger partial charge on any atom is -0.497 e. The molecule has 0 spiro atoms. The van der Waals surface area contributed by atoms with Gasteiger partial charge in [0.25, 0.3) is 0 Å². The Bertz CT molecular complexity index is 1140. The van der Waals surface area contributed by atoms with Gasteiger partial charge < -0.3 is 14.5 Å². The molecule has 1 aliphatic rings. The standard InChI is InChI=1S/C20H25N5O4S/c1-4-10-25-16-7-11-24(13-15(16)19(23-25)20-21-8-9-22-20)30(26,27)18-12-14(28-2)5-6-17(18)29-3/h5-6,8-9,12H,4,7,10-11,13H2,1-3H3,(H,21,22).